The van der Waals surface area contributed by atoms with Crippen LogP contribution >= 0.6 is 11.6 Å². The zero-order valence-corrected chi connectivity index (χ0v) is 14.0. The molecule has 4 nitrogen and oxygen atoms in total. The van der Waals surface area contributed by atoms with E-state index in [-0.39, 0.29) is 11.3 Å². The number of β-amino-alcohol motifs (C(OH)–C–C–N with tert-alkyl or cyclic N) is 1. The average Bonchev–Trinajstić information content (AvgIpc) is 3.04. The van der Waals surface area contributed by atoms with Gasteiger partial charge in [0.25, 0.3) is 0 Å². The SMILES string of the molecule is CC1(C)CCC(Cc2ccc(Cl)cc2)C1(O)CN1CN=CN1. The summed E-state index contributed by atoms with van der Waals surface area (Å²) in [5.74, 6) is 0.242. The van der Waals surface area contributed by atoms with Crippen LogP contribution in [-0.2, 0) is 6.42 Å². The summed E-state index contributed by atoms with van der Waals surface area (Å²) in [6, 6.07) is 7.97. The Morgan fingerprint density at radius 3 is 2.73 bits per heavy atom. The van der Waals surface area contributed by atoms with Crippen LogP contribution in [-0.4, -0.2) is 35.3 Å². The third-order valence-electron chi connectivity index (χ3n) is 5.38. The largest absolute Gasteiger partial charge is 0.388 e. The number of aliphatic imine (C=N–C) groups is 1. The quantitative estimate of drug-likeness (QED) is 0.896. The van der Waals surface area contributed by atoms with E-state index in [9.17, 15) is 5.11 Å². The lowest BCUT2D eigenvalue weighted by atomic mass is 9.72. The van der Waals surface area contributed by atoms with Gasteiger partial charge in [-0.1, -0.05) is 37.6 Å². The van der Waals surface area contributed by atoms with Crippen molar-refractivity contribution in [2.75, 3.05) is 13.2 Å². The number of hydrogen-bond donors (Lipinski definition) is 2. The summed E-state index contributed by atoms with van der Waals surface area (Å²) < 4.78 is 0. The Balaban J connectivity index is 1.77. The van der Waals surface area contributed by atoms with Crippen LogP contribution in [0.1, 0.15) is 32.3 Å². The van der Waals surface area contributed by atoms with Crippen molar-refractivity contribution >= 4 is 17.9 Å². The van der Waals surface area contributed by atoms with Crippen LogP contribution in [0.5, 0.6) is 0 Å². The number of nitrogens with zero attached hydrogens (tertiary/aromatic N) is 2. The lowest BCUT2D eigenvalue weighted by Crippen LogP contribution is -2.55. The Hall–Kier alpha value is -1.10. The van der Waals surface area contributed by atoms with E-state index in [1.807, 2.05) is 17.1 Å². The summed E-state index contributed by atoms with van der Waals surface area (Å²) in [5.41, 5.74) is 3.50. The Bertz CT molecular complexity index is 550. The molecule has 2 N–H and O–H groups in total. The first kappa shape index (κ1) is 15.8. The zero-order chi connectivity index (χ0) is 15.8. The number of rotatable bonds is 4. The van der Waals surface area contributed by atoms with Gasteiger partial charge in [0.05, 0.1) is 11.9 Å². The number of aliphatic hydroxyl groups is 1. The molecule has 1 aromatic carbocycles. The van der Waals surface area contributed by atoms with E-state index in [2.05, 4.69) is 36.4 Å². The van der Waals surface area contributed by atoms with Gasteiger partial charge in [-0.15, -0.1) is 0 Å². The third kappa shape index (κ3) is 2.87. The molecule has 0 radical (unpaired) electrons. The lowest BCUT2D eigenvalue weighted by molar-refractivity contribution is -0.0987. The van der Waals surface area contributed by atoms with E-state index < -0.39 is 5.60 Å². The molecule has 22 heavy (non-hydrogen) atoms. The number of halogens is 1. The fourth-order valence-corrected chi connectivity index (χ4v) is 3.88. The van der Waals surface area contributed by atoms with Crippen molar-refractivity contribution in [3.8, 4) is 0 Å². The van der Waals surface area contributed by atoms with E-state index in [4.69, 9.17) is 11.6 Å². The lowest BCUT2D eigenvalue weighted by Gasteiger charge is -2.43. The highest BCUT2D eigenvalue weighted by atomic mass is 35.5. The van der Waals surface area contributed by atoms with Gasteiger partial charge < -0.3 is 10.5 Å². The van der Waals surface area contributed by atoms with Crippen LogP contribution in [0.3, 0.4) is 0 Å². The minimum atomic E-state index is -0.729. The first-order valence-electron chi connectivity index (χ1n) is 7.87. The van der Waals surface area contributed by atoms with E-state index in [0.717, 1.165) is 24.3 Å². The Morgan fingerprint density at radius 1 is 1.36 bits per heavy atom. The number of nitrogens with one attached hydrogen (secondary N) is 1. The monoisotopic (exact) mass is 321 g/mol. The Kier molecular flexibility index (Phi) is 4.19. The van der Waals surface area contributed by atoms with Gasteiger partial charge in [0, 0.05) is 11.6 Å². The van der Waals surface area contributed by atoms with Crippen LogP contribution in [0.2, 0.25) is 5.02 Å². The van der Waals surface area contributed by atoms with Gasteiger partial charge in [0.1, 0.15) is 6.67 Å². The van der Waals surface area contributed by atoms with Crippen LogP contribution < -0.4 is 5.43 Å². The van der Waals surface area contributed by atoms with Crippen molar-refractivity contribution < 1.29 is 5.11 Å². The highest BCUT2D eigenvalue weighted by molar-refractivity contribution is 6.30. The molecule has 1 aromatic rings. The van der Waals surface area contributed by atoms with Crippen molar-refractivity contribution in [3.05, 3.63) is 34.9 Å². The van der Waals surface area contributed by atoms with Gasteiger partial charge in [-0.05, 0) is 48.3 Å². The summed E-state index contributed by atoms with van der Waals surface area (Å²) in [5, 5.41) is 14.2. The predicted molar refractivity (Wildman–Crippen MR) is 89.8 cm³/mol. The second kappa shape index (κ2) is 5.84. The highest BCUT2D eigenvalue weighted by Gasteiger charge is 2.54. The molecule has 0 aromatic heterocycles. The smallest absolute Gasteiger partial charge is 0.110 e. The molecule has 0 amide bonds. The molecule has 2 unspecified atom stereocenters. The number of benzene rings is 1. The van der Waals surface area contributed by atoms with Gasteiger partial charge in [-0.3, -0.25) is 4.99 Å². The van der Waals surface area contributed by atoms with Crippen molar-refractivity contribution in [3.63, 3.8) is 0 Å². The number of hydrogen-bond acceptors (Lipinski definition) is 4. The minimum absolute atomic E-state index is 0.103. The van der Waals surface area contributed by atoms with Crippen molar-refractivity contribution in [1.29, 1.82) is 0 Å². The normalized spacial score (nSPS) is 30.6. The van der Waals surface area contributed by atoms with Crippen molar-refractivity contribution in [2.24, 2.45) is 16.3 Å². The fraction of sp³-hybridized carbons (Fsp3) is 0.588. The van der Waals surface area contributed by atoms with Gasteiger partial charge in [-0.25, -0.2) is 0 Å². The molecule has 2 atom stereocenters. The van der Waals surface area contributed by atoms with Crippen LogP contribution in [0, 0.1) is 11.3 Å². The van der Waals surface area contributed by atoms with Crippen molar-refractivity contribution in [2.45, 2.75) is 38.7 Å². The predicted octanol–water partition coefficient (Wildman–Crippen LogP) is 2.86. The minimum Gasteiger partial charge on any atom is -0.388 e. The average molecular weight is 322 g/mol. The first-order chi connectivity index (χ1) is 10.4. The summed E-state index contributed by atoms with van der Waals surface area (Å²) in [4.78, 5) is 4.17. The van der Waals surface area contributed by atoms with Crippen LogP contribution in [0.4, 0.5) is 0 Å². The molecule has 0 bridgehead atoms. The molecular weight excluding hydrogens is 298 g/mol. The second-order valence-electron chi connectivity index (χ2n) is 7.15. The Labute approximate surface area is 137 Å². The maximum absolute atomic E-state index is 11.5. The van der Waals surface area contributed by atoms with Gasteiger partial charge in [-0.2, -0.15) is 5.01 Å². The van der Waals surface area contributed by atoms with Gasteiger partial charge in [0.15, 0.2) is 0 Å². The molecule has 1 fully saturated rings. The summed E-state index contributed by atoms with van der Waals surface area (Å²) >= 11 is 5.96. The summed E-state index contributed by atoms with van der Waals surface area (Å²) in [6.45, 7) is 5.54. The van der Waals surface area contributed by atoms with E-state index >= 15 is 0 Å². The Morgan fingerprint density at radius 2 is 2.09 bits per heavy atom. The molecule has 5 heteroatoms. The summed E-state index contributed by atoms with van der Waals surface area (Å²) in [7, 11) is 0. The van der Waals surface area contributed by atoms with Crippen LogP contribution in [0.15, 0.2) is 29.3 Å². The molecular formula is C17H24ClN3O. The number of hydrazine groups is 1. The maximum Gasteiger partial charge on any atom is 0.110 e. The van der Waals surface area contributed by atoms with E-state index in [0.29, 0.717) is 13.2 Å². The fourth-order valence-electron chi connectivity index (χ4n) is 3.75. The van der Waals surface area contributed by atoms with Gasteiger partial charge in [0.2, 0.25) is 0 Å². The molecule has 3 rings (SSSR count). The van der Waals surface area contributed by atoms with E-state index in [1.165, 1.54) is 5.56 Å². The topological polar surface area (TPSA) is 47.9 Å². The van der Waals surface area contributed by atoms with Crippen LogP contribution in [0.25, 0.3) is 0 Å². The molecule has 120 valence electrons. The molecule has 1 heterocycles. The van der Waals surface area contributed by atoms with Crippen molar-refractivity contribution in [1.82, 2.24) is 10.4 Å². The molecule has 1 aliphatic heterocycles. The third-order valence-corrected chi connectivity index (χ3v) is 5.63. The van der Waals surface area contributed by atoms with Gasteiger partial charge >= 0.3 is 0 Å². The molecule has 0 saturated heterocycles. The zero-order valence-electron chi connectivity index (χ0n) is 13.2. The molecule has 0 spiro atoms. The molecule has 1 saturated carbocycles. The summed E-state index contributed by atoms with van der Waals surface area (Å²) in [6.07, 6.45) is 4.66. The maximum atomic E-state index is 11.5. The molecule has 2 aliphatic rings. The first-order valence-corrected chi connectivity index (χ1v) is 8.25. The molecule has 1 aliphatic carbocycles. The van der Waals surface area contributed by atoms with E-state index in [1.54, 1.807) is 6.34 Å². The second-order valence-corrected chi connectivity index (χ2v) is 7.59. The highest BCUT2D eigenvalue weighted by Crippen LogP contribution is 2.51. The standard InChI is InChI=1S/C17H24ClN3O/c1-16(2)8-7-14(9-13-3-5-15(18)6-4-13)17(16,22)10-21-12-19-11-20-21/h3-6,11,14,22H,7-10,12H2,1-2H3,(H,19,20).